The van der Waals surface area contributed by atoms with Gasteiger partial charge in [0.25, 0.3) is 0 Å². The monoisotopic (exact) mass is 530 g/mol. The summed E-state index contributed by atoms with van der Waals surface area (Å²) in [5, 5.41) is 39.6. The summed E-state index contributed by atoms with van der Waals surface area (Å²) >= 11 is 0. The lowest BCUT2D eigenvalue weighted by atomic mass is 10.00. The van der Waals surface area contributed by atoms with Gasteiger partial charge in [-0.2, -0.15) is 0 Å². The molecule has 0 saturated carbocycles. The highest BCUT2D eigenvalue weighted by molar-refractivity contribution is 5.72. The topological polar surface area (TPSA) is 143 Å². The summed E-state index contributed by atoms with van der Waals surface area (Å²) in [6, 6.07) is 0. The summed E-state index contributed by atoms with van der Waals surface area (Å²) in [4.78, 5) is 24.1. The van der Waals surface area contributed by atoms with Gasteiger partial charge in [-0.25, -0.2) is 0 Å². The Morgan fingerprint density at radius 2 is 1.49 bits per heavy atom. The third kappa shape index (κ3) is 14.3. The average molecular weight is 531 g/mol. The molecule has 1 rings (SSSR count). The molecular formula is C28H50O9. The van der Waals surface area contributed by atoms with Crippen molar-refractivity contribution in [2.75, 3.05) is 0 Å². The van der Waals surface area contributed by atoms with Crippen molar-refractivity contribution in [1.29, 1.82) is 0 Å². The zero-order valence-corrected chi connectivity index (χ0v) is 22.9. The molecule has 1 aliphatic heterocycles. The molecule has 0 aromatic heterocycles. The van der Waals surface area contributed by atoms with E-state index < -0.39 is 54.9 Å². The number of unbranched alkanes of at least 4 members (excludes halogenated alkanes) is 8. The third-order valence-electron chi connectivity index (χ3n) is 6.65. The van der Waals surface area contributed by atoms with Gasteiger partial charge in [-0.15, -0.1) is 0 Å². The van der Waals surface area contributed by atoms with Crippen LogP contribution in [0.4, 0.5) is 0 Å². The largest absolute Gasteiger partial charge is 0.481 e. The number of esters is 1. The number of allylic oxidation sites excluding steroid dienone is 1. The van der Waals surface area contributed by atoms with Crippen LogP contribution in [-0.4, -0.2) is 75.3 Å². The van der Waals surface area contributed by atoms with E-state index in [0.29, 0.717) is 12.8 Å². The van der Waals surface area contributed by atoms with Gasteiger partial charge < -0.3 is 34.6 Å². The first-order chi connectivity index (χ1) is 17.7. The molecule has 1 aliphatic rings. The number of carboxylic acid groups (broad SMARTS) is 1. The highest BCUT2D eigenvalue weighted by Gasteiger charge is 2.43. The fourth-order valence-electron chi connectivity index (χ4n) is 4.35. The fourth-order valence-corrected chi connectivity index (χ4v) is 4.35. The van der Waals surface area contributed by atoms with Crippen molar-refractivity contribution < 1.29 is 44.2 Å². The van der Waals surface area contributed by atoms with E-state index in [2.05, 4.69) is 13.8 Å². The molecule has 0 radical (unpaired) electrons. The normalized spacial score (nSPS) is 25.7. The molecule has 9 heteroatoms. The number of hydrogen-bond donors (Lipinski definition) is 4. The van der Waals surface area contributed by atoms with Crippen LogP contribution in [0.2, 0.25) is 0 Å². The van der Waals surface area contributed by atoms with Crippen LogP contribution in [-0.2, 0) is 23.8 Å². The van der Waals surface area contributed by atoms with E-state index >= 15 is 0 Å². The Balaban J connectivity index is 2.76. The van der Waals surface area contributed by atoms with Gasteiger partial charge in [-0.1, -0.05) is 70.9 Å². The van der Waals surface area contributed by atoms with Crippen LogP contribution in [0.3, 0.4) is 0 Å². The predicted octanol–water partition coefficient (Wildman–Crippen LogP) is 4.25. The Morgan fingerprint density at radius 1 is 0.838 bits per heavy atom. The van der Waals surface area contributed by atoms with Crippen LogP contribution in [0, 0.1) is 0 Å². The average Bonchev–Trinajstić information content (AvgIpc) is 2.84. The summed E-state index contributed by atoms with van der Waals surface area (Å²) in [6.07, 6.45) is 7.26. The molecule has 9 nitrogen and oxygen atoms in total. The number of hydrogen-bond acceptors (Lipinski definition) is 8. The molecule has 216 valence electrons. The first-order valence-corrected chi connectivity index (χ1v) is 14.1. The molecule has 0 aromatic carbocycles. The highest BCUT2D eigenvalue weighted by atomic mass is 16.7. The molecule has 37 heavy (non-hydrogen) atoms. The molecule has 1 saturated heterocycles. The summed E-state index contributed by atoms with van der Waals surface area (Å²) in [5.41, 5.74) is 0. The second-order valence-corrected chi connectivity index (χ2v) is 10.1. The van der Waals surface area contributed by atoms with Crippen molar-refractivity contribution in [3.63, 3.8) is 0 Å². The SMILES string of the molecule is CCCCCCC=CCC(CC(=O)OC(CCCCCCC)CC(=O)O)OC1OC(C)C(O)C(O)C1O. The van der Waals surface area contributed by atoms with E-state index in [4.69, 9.17) is 14.2 Å². The molecule has 0 aromatic rings. The number of ether oxygens (including phenoxy) is 3. The molecule has 0 amide bonds. The van der Waals surface area contributed by atoms with Crippen molar-refractivity contribution in [3.05, 3.63) is 12.2 Å². The van der Waals surface area contributed by atoms with Crippen molar-refractivity contribution in [3.8, 4) is 0 Å². The first-order valence-electron chi connectivity index (χ1n) is 14.1. The number of carboxylic acids is 1. The Hall–Kier alpha value is -1.52. The van der Waals surface area contributed by atoms with E-state index in [-0.39, 0.29) is 12.8 Å². The molecule has 0 aliphatic carbocycles. The number of carbonyl (C=O) groups is 2. The van der Waals surface area contributed by atoms with Crippen LogP contribution in [0.1, 0.15) is 111 Å². The van der Waals surface area contributed by atoms with Crippen LogP contribution < -0.4 is 0 Å². The van der Waals surface area contributed by atoms with Crippen LogP contribution in [0.25, 0.3) is 0 Å². The lowest BCUT2D eigenvalue weighted by Gasteiger charge is -2.40. The maximum atomic E-state index is 12.8. The Bertz CT molecular complexity index is 654. The highest BCUT2D eigenvalue weighted by Crippen LogP contribution is 2.25. The van der Waals surface area contributed by atoms with Gasteiger partial charge in [-0.3, -0.25) is 9.59 Å². The van der Waals surface area contributed by atoms with Crippen molar-refractivity contribution >= 4 is 11.9 Å². The predicted molar refractivity (Wildman–Crippen MR) is 140 cm³/mol. The summed E-state index contributed by atoms with van der Waals surface area (Å²) in [5.74, 6) is -1.61. The zero-order valence-electron chi connectivity index (χ0n) is 22.9. The second-order valence-electron chi connectivity index (χ2n) is 10.1. The minimum atomic E-state index is -1.48. The summed E-state index contributed by atoms with van der Waals surface area (Å²) < 4.78 is 17.0. The molecule has 7 atom stereocenters. The molecule has 1 fully saturated rings. The molecule has 0 spiro atoms. The van der Waals surface area contributed by atoms with E-state index in [1.54, 1.807) is 6.92 Å². The van der Waals surface area contributed by atoms with E-state index in [0.717, 1.165) is 57.8 Å². The molecule has 7 unspecified atom stereocenters. The smallest absolute Gasteiger partial charge is 0.308 e. The van der Waals surface area contributed by atoms with Gasteiger partial charge in [-0.05, 0) is 39.0 Å². The number of rotatable bonds is 20. The van der Waals surface area contributed by atoms with Crippen LogP contribution in [0.5, 0.6) is 0 Å². The van der Waals surface area contributed by atoms with E-state index in [9.17, 15) is 30.0 Å². The number of carbonyl (C=O) groups excluding carboxylic acids is 1. The van der Waals surface area contributed by atoms with Crippen LogP contribution in [0.15, 0.2) is 12.2 Å². The maximum absolute atomic E-state index is 12.8. The van der Waals surface area contributed by atoms with Crippen molar-refractivity contribution in [2.45, 2.75) is 154 Å². The lowest BCUT2D eigenvalue weighted by Crippen LogP contribution is -2.58. The lowest BCUT2D eigenvalue weighted by molar-refractivity contribution is -0.304. The van der Waals surface area contributed by atoms with Gasteiger partial charge >= 0.3 is 11.9 Å². The van der Waals surface area contributed by atoms with Gasteiger partial charge in [0.15, 0.2) is 6.29 Å². The van der Waals surface area contributed by atoms with Gasteiger partial charge in [0, 0.05) is 0 Å². The second kappa shape index (κ2) is 19.5. The molecule has 1 heterocycles. The Morgan fingerprint density at radius 3 is 2.14 bits per heavy atom. The first kappa shape index (κ1) is 33.5. The minimum Gasteiger partial charge on any atom is -0.481 e. The quantitative estimate of drug-likeness (QED) is 0.103. The summed E-state index contributed by atoms with van der Waals surface area (Å²) in [6.45, 7) is 5.84. The van der Waals surface area contributed by atoms with Crippen molar-refractivity contribution in [1.82, 2.24) is 0 Å². The van der Waals surface area contributed by atoms with Gasteiger partial charge in [0.05, 0.1) is 25.0 Å². The third-order valence-corrected chi connectivity index (χ3v) is 6.65. The van der Waals surface area contributed by atoms with E-state index in [1.165, 1.54) is 6.42 Å². The summed E-state index contributed by atoms with van der Waals surface area (Å²) in [7, 11) is 0. The van der Waals surface area contributed by atoms with Gasteiger partial charge in [0.2, 0.25) is 0 Å². The minimum absolute atomic E-state index is 0.161. The van der Waals surface area contributed by atoms with E-state index in [1.807, 2.05) is 12.2 Å². The number of aliphatic hydroxyl groups is 3. The van der Waals surface area contributed by atoms with Gasteiger partial charge in [0.1, 0.15) is 24.4 Å². The standard InChI is InChI=1S/C28H50O9/c1-4-6-8-10-11-13-15-17-22(37-28-27(34)26(33)25(32)20(3)35-28)19-24(31)36-21(18-23(29)30)16-14-12-9-7-5-2/h13,15,20-22,25-28,32-34H,4-12,14,16-19H2,1-3H3,(H,29,30). The number of aliphatic hydroxyl groups excluding tert-OH is 3. The molecular weight excluding hydrogens is 480 g/mol. The fraction of sp³-hybridized carbons (Fsp3) is 0.857. The maximum Gasteiger partial charge on any atom is 0.308 e. The van der Waals surface area contributed by atoms with Crippen molar-refractivity contribution in [2.24, 2.45) is 0 Å². The molecule has 0 bridgehead atoms. The molecule has 4 N–H and O–H groups in total. The Labute approximate surface area is 222 Å². The number of aliphatic carboxylic acids is 1. The Kier molecular flexibility index (Phi) is 17.7. The zero-order chi connectivity index (χ0) is 27.6. The van der Waals surface area contributed by atoms with Crippen LogP contribution >= 0.6 is 0 Å².